The molecule has 4 heteroatoms. The van der Waals surface area contributed by atoms with Gasteiger partial charge in [-0.15, -0.1) is 0 Å². The molecule has 3 atom stereocenters. The topological polar surface area (TPSA) is 80.4 Å². The van der Waals surface area contributed by atoms with Gasteiger partial charge in [0.15, 0.2) is 0 Å². The van der Waals surface area contributed by atoms with Crippen molar-refractivity contribution in [3.63, 3.8) is 0 Å². The molecule has 1 amide bonds. The lowest BCUT2D eigenvalue weighted by atomic mass is 9.81. The summed E-state index contributed by atoms with van der Waals surface area (Å²) in [6.45, 7) is 6.59. The third-order valence-electron chi connectivity index (χ3n) is 9.83. The molecule has 0 aromatic rings. The van der Waals surface area contributed by atoms with E-state index in [2.05, 4.69) is 13.8 Å². The summed E-state index contributed by atoms with van der Waals surface area (Å²) in [5.74, 6) is -1.47. The maximum absolute atomic E-state index is 12.2. The highest BCUT2D eigenvalue weighted by Gasteiger charge is 2.28. The monoisotopic (exact) mass is 608 g/mol. The molecule has 3 N–H and O–H groups in total. The van der Waals surface area contributed by atoms with Gasteiger partial charge in [-0.1, -0.05) is 201 Å². The van der Waals surface area contributed by atoms with Gasteiger partial charge in [-0.3, -0.25) is 9.59 Å². The number of unbranched alkanes of at least 4 members (excludes halogenated alkanes) is 26. The van der Waals surface area contributed by atoms with E-state index < -0.39 is 5.97 Å². The van der Waals surface area contributed by atoms with Crippen LogP contribution >= 0.6 is 0 Å². The number of hydrogen-bond donors (Lipinski definition) is 2. The van der Waals surface area contributed by atoms with Crippen LogP contribution in [0.15, 0.2) is 0 Å². The van der Waals surface area contributed by atoms with Gasteiger partial charge in [0.25, 0.3) is 0 Å². The van der Waals surface area contributed by atoms with Crippen LogP contribution in [0, 0.1) is 17.8 Å². The van der Waals surface area contributed by atoms with E-state index in [0.717, 1.165) is 38.5 Å². The first-order valence-electron chi connectivity index (χ1n) is 19.5. The lowest BCUT2D eigenvalue weighted by molar-refractivity contribution is -0.143. The Morgan fingerprint density at radius 3 is 1.05 bits per heavy atom. The lowest BCUT2D eigenvalue weighted by Gasteiger charge is -2.24. The van der Waals surface area contributed by atoms with Crippen LogP contribution in [0.25, 0.3) is 0 Å². The van der Waals surface area contributed by atoms with Crippen LogP contribution in [0.1, 0.15) is 220 Å². The van der Waals surface area contributed by atoms with Gasteiger partial charge < -0.3 is 10.8 Å². The molecule has 4 nitrogen and oxygen atoms in total. The number of carbonyl (C=O) groups excluding carboxylic acids is 1. The molecular formula is C39H77NO3. The van der Waals surface area contributed by atoms with E-state index in [4.69, 9.17) is 5.73 Å². The molecule has 0 fully saturated rings. The molecular weight excluding hydrogens is 530 g/mol. The Morgan fingerprint density at radius 1 is 0.488 bits per heavy atom. The molecule has 0 rings (SSSR count). The predicted molar refractivity (Wildman–Crippen MR) is 187 cm³/mol. The Balaban J connectivity index is 3.91. The number of aliphatic carboxylic acids is 1. The molecule has 0 aromatic heterocycles. The maximum atomic E-state index is 12.2. The number of amides is 1. The fourth-order valence-electron chi connectivity index (χ4n) is 6.81. The van der Waals surface area contributed by atoms with Crippen LogP contribution in [-0.2, 0) is 9.59 Å². The molecule has 0 spiro atoms. The second-order valence-electron chi connectivity index (χ2n) is 14.0. The highest BCUT2D eigenvalue weighted by atomic mass is 16.4. The summed E-state index contributed by atoms with van der Waals surface area (Å²) in [7, 11) is 0. The van der Waals surface area contributed by atoms with Crippen molar-refractivity contribution in [3.05, 3.63) is 0 Å². The van der Waals surface area contributed by atoms with E-state index in [-0.39, 0.29) is 23.7 Å². The Hall–Kier alpha value is -1.06. The first-order valence-corrected chi connectivity index (χ1v) is 19.5. The fourth-order valence-corrected chi connectivity index (χ4v) is 6.81. The van der Waals surface area contributed by atoms with Crippen molar-refractivity contribution in [1.82, 2.24) is 0 Å². The van der Waals surface area contributed by atoms with Crippen LogP contribution in [0.4, 0.5) is 0 Å². The van der Waals surface area contributed by atoms with E-state index in [9.17, 15) is 14.7 Å². The van der Waals surface area contributed by atoms with Crippen LogP contribution in [0.5, 0.6) is 0 Å². The van der Waals surface area contributed by atoms with Crippen LogP contribution in [-0.4, -0.2) is 17.0 Å². The molecule has 3 unspecified atom stereocenters. The highest BCUT2D eigenvalue weighted by Crippen LogP contribution is 2.28. The van der Waals surface area contributed by atoms with E-state index in [0.29, 0.717) is 6.42 Å². The van der Waals surface area contributed by atoms with E-state index >= 15 is 0 Å². The van der Waals surface area contributed by atoms with Crippen LogP contribution in [0.3, 0.4) is 0 Å². The van der Waals surface area contributed by atoms with Crippen molar-refractivity contribution < 1.29 is 14.7 Å². The van der Waals surface area contributed by atoms with Gasteiger partial charge in [-0.25, -0.2) is 0 Å². The van der Waals surface area contributed by atoms with Crippen molar-refractivity contribution in [1.29, 1.82) is 0 Å². The summed E-state index contributed by atoms with van der Waals surface area (Å²) >= 11 is 0. The zero-order chi connectivity index (χ0) is 31.8. The number of carboxylic acids is 1. The average Bonchev–Trinajstić information content (AvgIpc) is 2.98. The lowest BCUT2D eigenvalue weighted by Crippen LogP contribution is -2.31. The Morgan fingerprint density at radius 2 is 0.767 bits per heavy atom. The van der Waals surface area contributed by atoms with Crippen molar-refractivity contribution in [2.75, 3.05) is 0 Å². The molecule has 0 bridgehead atoms. The van der Waals surface area contributed by atoms with Crippen molar-refractivity contribution in [2.45, 2.75) is 220 Å². The Kier molecular flexibility index (Phi) is 31.5. The van der Waals surface area contributed by atoms with Gasteiger partial charge in [0.1, 0.15) is 0 Å². The number of primary amides is 1. The Bertz CT molecular complexity index is 607. The van der Waals surface area contributed by atoms with Crippen molar-refractivity contribution in [2.24, 2.45) is 23.5 Å². The summed E-state index contributed by atoms with van der Waals surface area (Å²) in [6, 6.07) is 0. The summed E-state index contributed by atoms with van der Waals surface area (Å²) < 4.78 is 0. The molecule has 0 radical (unpaired) electrons. The minimum absolute atomic E-state index is 0.0345. The normalized spacial score (nSPS) is 13.7. The molecule has 43 heavy (non-hydrogen) atoms. The SMILES string of the molecule is CCCCCCCCCCCCCCCCC(CC(C)C(CCCCCCCCCCCCCCCC)C(N)=O)C(=O)O. The Labute approximate surface area is 269 Å². The van der Waals surface area contributed by atoms with Crippen LogP contribution in [0.2, 0.25) is 0 Å². The number of carboxylic acid groups (broad SMARTS) is 1. The van der Waals surface area contributed by atoms with E-state index in [1.165, 1.54) is 154 Å². The van der Waals surface area contributed by atoms with Crippen molar-refractivity contribution in [3.8, 4) is 0 Å². The summed E-state index contributed by atoms with van der Waals surface area (Å²) in [4.78, 5) is 24.2. The molecule has 0 aliphatic rings. The average molecular weight is 608 g/mol. The number of nitrogens with two attached hydrogens (primary N) is 1. The smallest absolute Gasteiger partial charge is 0.306 e. The first-order chi connectivity index (χ1) is 20.9. The van der Waals surface area contributed by atoms with Gasteiger partial charge in [0.05, 0.1) is 5.92 Å². The second kappa shape index (κ2) is 32.3. The standard InChI is InChI=1S/C39H77NO3/c1-4-6-8-10-12-14-16-18-20-22-24-26-28-30-32-36(39(42)43)34-35(3)37(38(40)41)33-31-29-27-25-23-21-19-17-15-13-11-9-7-5-2/h35-37H,4-34H2,1-3H3,(H2,40,41)(H,42,43). The van der Waals surface area contributed by atoms with E-state index in [1.54, 1.807) is 0 Å². The first kappa shape index (κ1) is 41.9. The summed E-state index contributed by atoms with van der Waals surface area (Å²) in [6.07, 6.45) is 38.9. The van der Waals surface area contributed by atoms with Gasteiger partial charge in [0.2, 0.25) is 5.91 Å². The van der Waals surface area contributed by atoms with Crippen LogP contribution < -0.4 is 5.73 Å². The molecule has 0 heterocycles. The molecule has 0 saturated heterocycles. The summed E-state index contributed by atoms with van der Waals surface area (Å²) in [5.41, 5.74) is 5.79. The fraction of sp³-hybridized carbons (Fsp3) is 0.949. The van der Waals surface area contributed by atoms with Gasteiger partial charge in [-0.05, 0) is 25.2 Å². The number of rotatable bonds is 35. The minimum atomic E-state index is -0.707. The zero-order valence-corrected chi connectivity index (χ0v) is 29.5. The minimum Gasteiger partial charge on any atom is -0.481 e. The molecule has 0 saturated carbocycles. The third kappa shape index (κ3) is 28.2. The third-order valence-corrected chi connectivity index (χ3v) is 9.83. The van der Waals surface area contributed by atoms with Crippen molar-refractivity contribution >= 4 is 11.9 Å². The molecule has 0 aromatic carbocycles. The van der Waals surface area contributed by atoms with Gasteiger partial charge in [0, 0.05) is 5.92 Å². The van der Waals surface area contributed by atoms with Gasteiger partial charge in [-0.2, -0.15) is 0 Å². The quantitative estimate of drug-likeness (QED) is 0.0703. The number of carbonyl (C=O) groups is 2. The zero-order valence-electron chi connectivity index (χ0n) is 29.5. The molecule has 0 aliphatic carbocycles. The summed E-state index contributed by atoms with van der Waals surface area (Å²) in [5, 5.41) is 9.84. The second-order valence-corrected chi connectivity index (χ2v) is 14.0. The van der Waals surface area contributed by atoms with E-state index in [1.807, 2.05) is 6.92 Å². The molecule has 256 valence electrons. The van der Waals surface area contributed by atoms with Gasteiger partial charge >= 0.3 is 5.97 Å². The highest BCUT2D eigenvalue weighted by molar-refractivity contribution is 5.77. The molecule has 0 aliphatic heterocycles. The predicted octanol–water partition coefficient (Wildman–Crippen LogP) is 12.6. The number of hydrogen-bond acceptors (Lipinski definition) is 2. The maximum Gasteiger partial charge on any atom is 0.306 e. The largest absolute Gasteiger partial charge is 0.481 e.